The second kappa shape index (κ2) is 5.93. The largest absolute Gasteiger partial charge is 0.340 e. The van der Waals surface area contributed by atoms with Gasteiger partial charge in [0.25, 0.3) is 0 Å². The number of aromatic nitrogens is 3. The van der Waals surface area contributed by atoms with Gasteiger partial charge in [0.1, 0.15) is 5.82 Å². The third kappa shape index (κ3) is 2.81. The van der Waals surface area contributed by atoms with Gasteiger partial charge < -0.3 is 9.88 Å². The number of hydrogen-bond donors (Lipinski definition) is 2. The molecule has 0 aliphatic heterocycles. The fourth-order valence-electron chi connectivity index (χ4n) is 2.49. The van der Waals surface area contributed by atoms with E-state index in [1.807, 2.05) is 48.5 Å². The zero-order valence-electron chi connectivity index (χ0n) is 13.0. The van der Waals surface area contributed by atoms with E-state index in [-0.39, 0.29) is 6.03 Å². The second-order valence-corrected chi connectivity index (χ2v) is 6.50. The number of para-hydroxylation sites is 3. The van der Waals surface area contributed by atoms with Crippen LogP contribution in [0.3, 0.4) is 0 Å². The predicted octanol–water partition coefficient (Wildman–Crippen LogP) is 3.84. The molecule has 4 aromatic rings. The van der Waals surface area contributed by atoms with E-state index < -0.39 is 0 Å². The number of fused-ring (bicyclic) bond motifs is 2. The highest BCUT2D eigenvalue weighted by atomic mass is 32.1. The topological polar surface area (TPSA) is 73.9 Å². The van der Waals surface area contributed by atoms with Crippen LogP contribution in [0.2, 0.25) is 0 Å². The van der Waals surface area contributed by atoms with Crippen molar-refractivity contribution in [2.75, 3.05) is 12.4 Å². The lowest BCUT2D eigenvalue weighted by molar-refractivity contribution is 0.219. The van der Waals surface area contributed by atoms with Crippen LogP contribution in [0.15, 0.2) is 48.5 Å². The summed E-state index contributed by atoms with van der Waals surface area (Å²) in [7, 11) is 1.73. The van der Waals surface area contributed by atoms with Crippen molar-refractivity contribution >= 4 is 43.7 Å². The molecule has 0 radical (unpaired) electrons. The molecule has 0 saturated carbocycles. The normalized spacial score (nSPS) is 11.0. The van der Waals surface area contributed by atoms with Crippen molar-refractivity contribution < 1.29 is 4.79 Å². The Morgan fingerprint density at radius 2 is 1.88 bits per heavy atom. The number of imidazole rings is 1. The number of amides is 2. The van der Waals surface area contributed by atoms with Gasteiger partial charge in [-0.1, -0.05) is 35.6 Å². The molecule has 6 nitrogen and oxygen atoms in total. The fourth-order valence-corrected chi connectivity index (χ4v) is 3.35. The Hall–Kier alpha value is -2.93. The average molecular weight is 337 g/mol. The van der Waals surface area contributed by atoms with Crippen LogP contribution < -0.4 is 5.32 Å². The summed E-state index contributed by atoms with van der Waals surface area (Å²) >= 11 is 1.46. The predicted molar refractivity (Wildman–Crippen MR) is 96.2 cm³/mol. The van der Waals surface area contributed by atoms with Crippen LogP contribution in [-0.2, 0) is 6.54 Å². The molecule has 0 aliphatic rings. The number of nitrogens with one attached hydrogen (secondary N) is 2. The molecule has 2 aromatic heterocycles. The lowest BCUT2D eigenvalue weighted by Gasteiger charge is -2.15. The van der Waals surface area contributed by atoms with E-state index >= 15 is 0 Å². The van der Waals surface area contributed by atoms with Crippen molar-refractivity contribution in [3.05, 3.63) is 54.4 Å². The number of carbonyl (C=O) groups excluding carboxylic acids is 1. The summed E-state index contributed by atoms with van der Waals surface area (Å²) in [6.45, 7) is 0.394. The first-order chi connectivity index (χ1) is 11.7. The van der Waals surface area contributed by atoms with Gasteiger partial charge in [-0.2, -0.15) is 0 Å². The number of hydrogen-bond acceptors (Lipinski definition) is 4. The zero-order chi connectivity index (χ0) is 16.5. The third-order valence-corrected chi connectivity index (χ3v) is 4.63. The quantitative estimate of drug-likeness (QED) is 0.596. The van der Waals surface area contributed by atoms with Gasteiger partial charge in [-0.05, 0) is 24.3 Å². The molecular weight excluding hydrogens is 322 g/mol. The molecule has 24 heavy (non-hydrogen) atoms. The standard InChI is InChI=1S/C17H15N5OS/c1-22(10-15-18-11-6-2-3-7-12(11)19-15)17(23)21-16-20-13-8-4-5-9-14(13)24-16/h2-9H,10H2,1H3,(H,18,19)(H,20,21,23). The molecule has 4 rings (SSSR count). The van der Waals surface area contributed by atoms with E-state index in [1.54, 1.807) is 11.9 Å². The number of H-pyrrole nitrogens is 1. The molecule has 2 N–H and O–H groups in total. The first kappa shape index (κ1) is 14.6. The number of benzene rings is 2. The van der Waals surface area contributed by atoms with Crippen LogP contribution in [0, 0.1) is 0 Å². The Morgan fingerprint density at radius 3 is 2.67 bits per heavy atom. The van der Waals surface area contributed by atoms with E-state index in [4.69, 9.17) is 0 Å². The van der Waals surface area contributed by atoms with Gasteiger partial charge in [0.15, 0.2) is 5.13 Å². The SMILES string of the molecule is CN(Cc1nc2ccccc2[nH]1)C(=O)Nc1nc2ccccc2s1. The van der Waals surface area contributed by atoms with Gasteiger partial charge in [0.05, 0.1) is 27.8 Å². The lowest BCUT2D eigenvalue weighted by atomic mass is 10.3. The summed E-state index contributed by atoms with van der Waals surface area (Å²) in [5, 5.41) is 3.43. The van der Waals surface area contributed by atoms with E-state index in [9.17, 15) is 4.79 Å². The highest BCUT2D eigenvalue weighted by molar-refractivity contribution is 7.22. The number of carbonyl (C=O) groups is 1. The van der Waals surface area contributed by atoms with E-state index in [0.29, 0.717) is 11.7 Å². The molecule has 2 aromatic carbocycles. The number of rotatable bonds is 3. The molecule has 7 heteroatoms. The first-order valence-electron chi connectivity index (χ1n) is 7.50. The van der Waals surface area contributed by atoms with Gasteiger partial charge in [0.2, 0.25) is 0 Å². The van der Waals surface area contributed by atoms with Crippen LogP contribution in [0.25, 0.3) is 21.3 Å². The van der Waals surface area contributed by atoms with Crippen molar-refractivity contribution in [3.8, 4) is 0 Å². The fraction of sp³-hybridized carbons (Fsp3) is 0.118. The molecule has 0 atom stereocenters. The van der Waals surface area contributed by atoms with Crippen LogP contribution in [0.1, 0.15) is 5.82 Å². The molecular formula is C17H15N5OS. The van der Waals surface area contributed by atoms with Crippen molar-refractivity contribution in [3.63, 3.8) is 0 Å². The van der Waals surface area contributed by atoms with Crippen LogP contribution in [-0.4, -0.2) is 32.9 Å². The van der Waals surface area contributed by atoms with E-state index in [2.05, 4.69) is 20.3 Å². The Kier molecular flexibility index (Phi) is 3.62. The maximum Gasteiger partial charge on any atom is 0.323 e. The van der Waals surface area contributed by atoms with Gasteiger partial charge in [-0.15, -0.1) is 0 Å². The minimum Gasteiger partial charge on any atom is -0.340 e. The van der Waals surface area contributed by atoms with Crippen molar-refractivity contribution in [2.45, 2.75) is 6.54 Å². The van der Waals surface area contributed by atoms with Gasteiger partial charge >= 0.3 is 6.03 Å². The molecule has 120 valence electrons. The van der Waals surface area contributed by atoms with Crippen LogP contribution in [0.4, 0.5) is 9.93 Å². The highest BCUT2D eigenvalue weighted by Crippen LogP contribution is 2.25. The molecule has 0 aliphatic carbocycles. The van der Waals surface area contributed by atoms with E-state index in [1.165, 1.54) is 11.3 Å². The van der Waals surface area contributed by atoms with Crippen molar-refractivity contribution in [1.82, 2.24) is 19.9 Å². The number of urea groups is 1. The van der Waals surface area contributed by atoms with Crippen molar-refractivity contribution in [1.29, 1.82) is 0 Å². The zero-order valence-corrected chi connectivity index (χ0v) is 13.8. The smallest absolute Gasteiger partial charge is 0.323 e. The molecule has 0 spiro atoms. The first-order valence-corrected chi connectivity index (χ1v) is 8.32. The Morgan fingerprint density at radius 1 is 1.12 bits per heavy atom. The minimum absolute atomic E-state index is 0.213. The summed E-state index contributed by atoms with van der Waals surface area (Å²) in [5.74, 6) is 0.748. The number of anilines is 1. The van der Waals surface area contributed by atoms with Crippen LogP contribution in [0.5, 0.6) is 0 Å². The summed E-state index contributed by atoms with van der Waals surface area (Å²) in [5.41, 5.74) is 2.75. The minimum atomic E-state index is -0.213. The Labute approximate surface area is 142 Å². The summed E-state index contributed by atoms with van der Waals surface area (Å²) < 4.78 is 1.05. The molecule has 0 bridgehead atoms. The van der Waals surface area contributed by atoms with E-state index in [0.717, 1.165) is 27.1 Å². The summed E-state index contributed by atoms with van der Waals surface area (Å²) in [6, 6.07) is 15.4. The molecule has 0 saturated heterocycles. The Bertz CT molecular complexity index is 956. The maximum absolute atomic E-state index is 12.3. The van der Waals surface area contributed by atoms with Crippen LogP contribution >= 0.6 is 11.3 Å². The lowest BCUT2D eigenvalue weighted by Crippen LogP contribution is -2.31. The summed E-state index contributed by atoms with van der Waals surface area (Å²) in [6.07, 6.45) is 0. The van der Waals surface area contributed by atoms with Gasteiger partial charge in [-0.3, -0.25) is 5.32 Å². The van der Waals surface area contributed by atoms with Crippen molar-refractivity contribution in [2.24, 2.45) is 0 Å². The van der Waals surface area contributed by atoms with Gasteiger partial charge in [-0.25, -0.2) is 14.8 Å². The number of thiazole rings is 1. The third-order valence-electron chi connectivity index (χ3n) is 3.68. The number of nitrogens with zero attached hydrogens (tertiary/aromatic N) is 3. The van der Waals surface area contributed by atoms with Gasteiger partial charge in [0, 0.05) is 7.05 Å². The molecule has 0 unspecified atom stereocenters. The highest BCUT2D eigenvalue weighted by Gasteiger charge is 2.14. The molecule has 2 heterocycles. The maximum atomic E-state index is 12.3. The summed E-state index contributed by atoms with van der Waals surface area (Å²) in [4.78, 5) is 26.0. The monoisotopic (exact) mass is 337 g/mol. The number of aromatic amines is 1. The Balaban J connectivity index is 1.47. The average Bonchev–Trinajstić information content (AvgIpc) is 3.16. The molecule has 0 fully saturated rings. The molecule has 2 amide bonds. The second-order valence-electron chi connectivity index (χ2n) is 5.47.